The fraction of sp³-hybridized carbons (Fsp3) is 0.500. The fourth-order valence-electron chi connectivity index (χ4n) is 2.50. The maximum Gasteiger partial charge on any atom is 0.231 e. The number of rotatable bonds is 5. The Hall–Kier alpha value is -1.35. The molecular formula is C14H20N2O. The fourth-order valence-corrected chi connectivity index (χ4v) is 2.50. The van der Waals surface area contributed by atoms with Crippen LogP contribution >= 0.6 is 0 Å². The Kier molecular flexibility index (Phi) is 3.79. The maximum atomic E-state index is 12.1. The van der Waals surface area contributed by atoms with Crippen molar-refractivity contribution >= 4 is 11.6 Å². The van der Waals surface area contributed by atoms with Crippen LogP contribution in [0.3, 0.4) is 0 Å². The van der Waals surface area contributed by atoms with Gasteiger partial charge in [0, 0.05) is 11.7 Å². The molecule has 0 saturated carbocycles. The van der Waals surface area contributed by atoms with Gasteiger partial charge in [0.25, 0.3) is 0 Å². The molecule has 92 valence electrons. The van der Waals surface area contributed by atoms with Crippen molar-refractivity contribution in [1.82, 2.24) is 5.32 Å². The highest BCUT2D eigenvalue weighted by atomic mass is 16.2. The highest BCUT2D eigenvalue weighted by Gasteiger charge is 2.31. The van der Waals surface area contributed by atoms with Crippen molar-refractivity contribution in [2.75, 3.05) is 18.5 Å². The summed E-state index contributed by atoms with van der Waals surface area (Å²) in [6.45, 7) is 3.10. The van der Waals surface area contributed by atoms with Crippen LogP contribution in [-0.2, 0) is 11.2 Å². The second-order valence-corrected chi connectivity index (χ2v) is 4.52. The van der Waals surface area contributed by atoms with E-state index in [2.05, 4.69) is 24.4 Å². The summed E-state index contributed by atoms with van der Waals surface area (Å²) < 4.78 is 0. The second kappa shape index (κ2) is 5.32. The van der Waals surface area contributed by atoms with Crippen LogP contribution in [0.4, 0.5) is 5.69 Å². The van der Waals surface area contributed by atoms with Crippen LogP contribution in [0.5, 0.6) is 0 Å². The second-order valence-electron chi connectivity index (χ2n) is 4.52. The highest BCUT2D eigenvalue weighted by Crippen LogP contribution is 2.31. The number of carbonyl (C=O) groups excluding carboxylic acids is 1. The topological polar surface area (TPSA) is 32.3 Å². The average Bonchev–Trinajstić information content (AvgIpc) is 2.67. The lowest BCUT2D eigenvalue weighted by Crippen LogP contribution is -2.39. The molecule has 1 unspecified atom stereocenters. The summed E-state index contributed by atoms with van der Waals surface area (Å²) in [5, 5.41) is 3.16. The van der Waals surface area contributed by atoms with Gasteiger partial charge in [0.05, 0.1) is 6.42 Å². The molecule has 0 fully saturated rings. The molecule has 1 atom stereocenters. The minimum atomic E-state index is 0.245. The molecule has 17 heavy (non-hydrogen) atoms. The van der Waals surface area contributed by atoms with Gasteiger partial charge in [0.1, 0.15) is 0 Å². The largest absolute Gasteiger partial charge is 0.320 e. The normalized spacial score (nSPS) is 16.1. The predicted octanol–water partition coefficient (Wildman–Crippen LogP) is 1.96. The number of hydrogen-bond acceptors (Lipinski definition) is 2. The van der Waals surface area contributed by atoms with Crippen LogP contribution in [0, 0.1) is 0 Å². The minimum Gasteiger partial charge on any atom is -0.320 e. The molecule has 1 aromatic rings. The van der Waals surface area contributed by atoms with E-state index in [4.69, 9.17) is 0 Å². The lowest BCUT2D eigenvalue weighted by molar-refractivity contribution is -0.117. The Morgan fingerprint density at radius 1 is 1.41 bits per heavy atom. The molecule has 1 aliphatic rings. The molecule has 1 amide bonds. The summed E-state index contributed by atoms with van der Waals surface area (Å²) in [7, 11) is 1.95. The molecule has 2 rings (SSSR count). The lowest BCUT2D eigenvalue weighted by atomic mass is 10.1. The monoisotopic (exact) mass is 232 g/mol. The van der Waals surface area contributed by atoms with Gasteiger partial charge in [-0.25, -0.2) is 0 Å². The van der Waals surface area contributed by atoms with Crippen molar-refractivity contribution in [2.24, 2.45) is 0 Å². The minimum absolute atomic E-state index is 0.245. The molecule has 0 aromatic heterocycles. The van der Waals surface area contributed by atoms with Gasteiger partial charge in [-0.1, -0.05) is 25.1 Å². The first kappa shape index (κ1) is 12.1. The SMILES string of the molecule is CCC(CCNC)N1C(=O)Cc2ccccc21. The quantitative estimate of drug-likeness (QED) is 0.841. The van der Waals surface area contributed by atoms with Gasteiger partial charge in [-0.05, 0) is 38.1 Å². The zero-order valence-corrected chi connectivity index (χ0v) is 10.6. The van der Waals surface area contributed by atoms with Crippen molar-refractivity contribution in [3.63, 3.8) is 0 Å². The van der Waals surface area contributed by atoms with Crippen LogP contribution < -0.4 is 10.2 Å². The lowest BCUT2D eigenvalue weighted by Gasteiger charge is -2.27. The molecule has 0 aliphatic carbocycles. The molecule has 1 aliphatic heterocycles. The molecular weight excluding hydrogens is 212 g/mol. The van der Waals surface area contributed by atoms with E-state index in [9.17, 15) is 4.79 Å². The Bertz CT molecular complexity index is 403. The highest BCUT2D eigenvalue weighted by molar-refractivity contribution is 6.01. The molecule has 3 nitrogen and oxygen atoms in total. The van der Waals surface area contributed by atoms with E-state index in [1.807, 2.05) is 24.1 Å². The summed E-state index contributed by atoms with van der Waals surface area (Å²) in [4.78, 5) is 14.1. The first-order chi connectivity index (χ1) is 8.27. The van der Waals surface area contributed by atoms with E-state index < -0.39 is 0 Å². The van der Waals surface area contributed by atoms with E-state index in [-0.39, 0.29) is 5.91 Å². The van der Waals surface area contributed by atoms with Crippen LogP contribution in [0.15, 0.2) is 24.3 Å². The summed E-state index contributed by atoms with van der Waals surface area (Å²) in [6, 6.07) is 8.44. The van der Waals surface area contributed by atoms with Crippen LogP contribution in [0.1, 0.15) is 25.3 Å². The summed E-state index contributed by atoms with van der Waals surface area (Å²) in [5.74, 6) is 0.245. The zero-order valence-electron chi connectivity index (χ0n) is 10.6. The molecule has 1 N–H and O–H groups in total. The molecule has 0 saturated heterocycles. The van der Waals surface area contributed by atoms with Gasteiger partial charge in [-0.15, -0.1) is 0 Å². The molecule has 1 heterocycles. The molecule has 1 aromatic carbocycles. The summed E-state index contributed by atoms with van der Waals surface area (Å²) >= 11 is 0. The summed E-state index contributed by atoms with van der Waals surface area (Å²) in [5.41, 5.74) is 2.28. The van der Waals surface area contributed by atoms with Crippen molar-refractivity contribution in [3.8, 4) is 0 Å². The van der Waals surface area contributed by atoms with Crippen molar-refractivity contribution < 1.29 is 4.79 Å². The third-order valence-corrected chi connectivity index (χ3v) is 3.43. The molecule has 0 spiro atoms. The Morgan fingerprint density at radius 2 is 2.18 bits per heavy atom. The maximum absolute atomic E-state index is 12.1. The summed E-state index contributed by atoms with van der Waals surface area (Å²) in [6.07, 6.45) is 2.57. The first-order valence-corrected chi connectivity index (χ1v) is 6.32. The van der Waals surface area contributed by atoms with E-state index in [1.54, 1.807) is 0 Å². The molecule has 3 heteroatoms. The smallest absolute Gasteiger partial charge is 0.231 e. The molecule has 0 radical (unpaired) electrons. The number of hydrogen-bond donors (Lipinski definition) is 1. The van der Waals surface area contributed by atoms with Crippen molar-refractivity contribution in [3.05, 3.63) is 29.8 Å². The number of anilines is 1. The van der Waals surface area contributed by atoms with Gasteiger partial charge in [-0.3, -0.25) is 4.79 Å². The number of nitrogens with zero attached hydrogens (tertiary/aromatic N) is 1. The average molecular weight is 232 g/mol. The van der Waals surface area contributed by atoms with Gasteiger partial charge in [0.2, 0.25) is 5.91 Å². The van der Waals surface area contributed by atoms with Gasteiger partial charge >= 0.3 is 0 Å². The standard InChI is InChI=1S/C14H20N2O/c1-3-12(8-9-15-2)16-13-7-5-4-6-11(13)10-14(16)17/h4-7,12,15H,3,8-10H2,1-2H3. The van der Waals surface area contributed by atoms with Gasteiger partial charge in [-0.2, -0.15) is 0 Å². The zero-order chi connectivity index (χ0) is 12.3. The number of carbonyl (C=O) groups is 1. The number of fused-ring (bicyclic) bond motifs is 1. The van der Waals surface area contributed by atoms with Gasteiger partial charge < -0.3 is 10.2 Å². The van der Waals surface area contributed by atoms with Crippen molar-refractivity contribution in [2.45, 2.75) is 32.2 Å². The van der Waals surface area contributed by atoms with Crippen LogP contribution in [-0.4, -0.2) is 25.5 Å². The van der Waals surface area contributed by atoms with Gasteiger partial charge in [0.15, 0.2) is 0 Å². The van der Waals surface area contributed by atoms with Crippen molar-refractivity contribution in [1.29, 1.82) is 0 Å². The number of nitrogens with one attached hydrogen (secondary N) is 1. The Balaban J connectivity index is 2.22. The third kappa shape index (κ3) is 2.34. The number of para-hydroxylation sites is 1. The molecule has 0 bridgehead atoms. The van der Waals surface area contributed by atoms with E-state index in [0.29, 0.717) is 12.5 Å². The van der Waals surface area contributed by atoms with E-state index >= 15 is 0 Å². The third-order valence-electron chi connectivity index (χ3n) is 3.43. The first-order valence-electron chi connectivity index (χ1n) is 6.32. The Labute approximate surface area is 103 Å². The van der Waals surface area contributed by atoms with E-state index in [0.717, 1.165) is 25.1 Å². The van der Waals surface area contributed by atoms with Crippen LogP contribution in [0.25, 0.3) is 0 Å². The number of benzene rings is 1. The predicted molar refractivity (Wildman–Crippen MR) is 70.3 cm³/mol. The number of amides is 1. The Morgan fingerprint density at radius 3 is 2.88 bits per heavy atom. The van der Waals surface area contributed by atoms with E-state index in [1.165, 1.54) is 5.56 Å². The van der Waals surface area contributed by atoms with Crippen LogP contribution in [0.2, 0.25) is 0 Å².